The summed E-state index contributed by atoms with van der Waals surface area (Å²) < 4.78 is 41.3. The molecule has 8 rings (SSSR count). The predicted octanol–water partition coefficient (Wildman–Crippen LogP) is 11.8. The number of benzene rings is 3. The van der Waals surface area contributed by atoms with Crippen LogP contribution in [0.3, 0.4) is 0 Å². The second kappa shape index (κ2) is 25.2. The Balaban J connectivity index is 0.745. The van der Waals surface area contributed by atoms with Gasteiger partial charge in [0.25, 0.3) is 5.91 Å². The molecule has 76 heavy (non-hydrogen) atoms. The Hall–Kier alpha value is -5.71. The minimum absolute atomic E-state index is 0.0306. The number of carbonyl (C=O) groups is 4. The summed E-state index contributed by atoms with van der Waals surface area (Å²) in [5, 5.41) is 20.7. The number of halogens is 3. The summed E-state index contributed by atoms with van der Waals surface area (Å²) in [7, 11) is 0. The van der Waals surface area contributed by atoms with Crippen LogP contribution in [0.1, 0.15) is 140 Å². The van der Waals surface area contributed by atoms with Crippen molar-refractivity contribution >= 4 is 63.2 Å². The molecule has 3 aromatic carbocycles. The molecule has 4 amide bonds. The van der Waals surface area contributed by atoms with E-state index >= 15 is 0 Å². The van der Waals surface area contributed by atoms with Gasteiger partial charge >= 0.3 is 0 Å². The number of pyridine rings is 1. The number of β-amino-alcohol motifs (C(OH)–C–C–N with tert-alkyl or cyclic N) is 1. The van der Waals surface area contributed by atoms with Gasteiger partial charge in [0.1, 0.15) is 29.4 Å². The third kappa shape index (κ3) is 14.3. The highest BCUT2D eigenvalue weighted by Crippen LogP contribution is 2.43. The number of ether oxygens (including phenoxy) is 2. The smallest absolute Gasteiger partial charge is 0.258 e. The molecule has 2 aliphatic carbocycles. The van der Waals surface area contributed by atoms with Crippen molar-refractivity contribution in [2.24, 2.45) is 17.3 Å². The number of hydrogen-bond donors (Lipinski definition) is 4. The number of thiazole rings is 1. The van der Waals surface area contributed by atoms with Crippen molar-refractivity contribution in [1.82, 2.24) is 25.5 Å². The van der Waals surface area contributed by atoms with Crippen molar-refractivity contribution in [3.63, 3.8) is 0 Å². The Bertz CT molecular complexity index is 2850. The number of carbonyl (C=O) groups excluding carboxylic acids is 4. The molecule has 3 heterocycles. The average molecular weight is 1080 g/mol. The molecule has 5 aromatic rings. The van der Waals surface area contributed by atoms with Crippen LogP contribution in [0.2, 0.25) is 5.02 Å². The molecule has 4 atom stereocenters. The molecule has 2 aromatic heterocycles. The number of nitrogens with zero attached hydrogens (tertiary/aromatic N) is 3. The molecule has 1 aliphatic heterocycles. The van der Waals surface area contributed by atoms with E-state index in [1.54, 1.807) is 62.8 Å². The Morgan fingerprint density at radius 1 is 0.895 bits per heavy atom. The zero-order valence-electron chi connectivity index (χ0n) is 44.4. The van der Waals surface area contributed by atoms with Crippen molar-refractivity contribution in [2.75, 3.05) is 25.1 Å². The maximum atomic E-state index is 14.7. The van der Waals surface area contributed by atoms with Gasteiger partial charge in [-0.1, -0.05) is 83.5 Å². The van der Waals surface area contributed by atoms with E-state index in [4.69, 9.17) is 21.1 Å². The predicted molar refractivity (Wildman–Crippen MR) is 294 cm³/mol. The van der Waals surface area contributed by atoms with E-state index in [0.717, 1.165) is 109 Å². The van der Waals surface area contributed by atoms with Crippen molar-refractivity contribution in [3.8, 4) is 21.9 Å². The lowest BCUT2D eigenvalue weighted by atomic mass is 9.73. The largest absolute Gasteiger partial charge is 0.493 e. The Kier molecular flexibility index (Phi) is 18.7. The first kappa shape index (κ1) is 56.5. The maximum Gasteiger partial charge on any atom is 0.258 e. The number of nitrogens with one attached hydrogen (secondary N) is 3. The van der Waals surface area contributed by atoms with Crippen molar-refractivity contribution in [3.05, 3.63) is 100 Å². The lowest BCUT2D eigenvalue weighted by Crippen LogP contribution is -2.59. The molecule has 0 bridgehead atoms. The normalized spacial score (nSPS) is 19.9. The summed E-state index contributed by atoms with van der Waals surface area (Å²) in [6.45, 7) is 10.3. The van der Waals surface area contributed by atoms with Gasteiger partial charge in [-0.15, -0.1) is 11.3 Å². The number of alkyl halides is 1. The minimum atomic E-state index is -1.97. The number of aromatic nitrogens is 2. The van der Waals surface area contributed by atoms with E-state index < -0.39 is 47.0 Å². The van der Waals surface area contributed by atoms with Crippen LogP contribution in [-0.2, 0) is 25.7 Å². The number of aliphatic hydroxyl groups is 1. The van der Waals surface area contributed by atoms with Gasteiger partial charge in [0.2, 0.25) is 17.7 Å². The molecular weight excluding hydrogens is 1010 g/mol. The van der Waals surface area contributed by atoms with Crippen LogP contribution in [0.5, 0.6) is 11.5 Å². The number of rotatable bonds is 23. The average Bonchev–Trinajstić information content (AvgIpc) is 3.82. The number of amides is 4. The van der Waals surface area contributed by atoms with Gasteiger partial charge in [-0.25, -0.2) is 13.8 Å². The summed E-state index contributed by atoms with van der Waals surface area (Å²) >= 11 is 8.06. The maximum absolute atomic E-state index is 14.7. The molecule has 3 aliphatic rings. The van der Waals surface area contributed by atoms with Gasteiger partial charge in [0.05, 0.1) is 45.9 Å². The van der Waals surface area contributed by atoms with Crippen LogP contribution in [0.25, 0.3) is 21.3 Å². The lowest BCUT2D eigenvalue weighted by Gasteiger charge is -2.35. The summed E-state index contributed by atoms with van der Waals surface area (Å²) in [4.78, 5) is 65.1. The minimum Gasteiger partial charge on any atom is -0.493 e. The molecule has 0 unspecified atom stereocenters. The molecule has 17 heteroatoms. The van der Waals surface area contributed by atoms with Gasteiger partial charge in [-0.05, 0) is 129 Å². The van der Waals surface area contributed by atoms with Crippen LogP contribution in [0.4, 0.5) is 14.5 Å². The van der Waals surface area contributed by atoms with E-state index in [-0.39, 0.29) is 55.9 Å². The van der Waals surface area contributed by atoms with Gasteiger partial charge in [-0.3, -0.25) is 24.2 Å². The fourth-order valence-corrected chi connectivity index (χ4v) is 11.6. The topological polar surface area (TPSA) is 172 Å². The lowest BCUT2D eigenvalue weighted by molar-refractivity contribution is -0.145. The SMILES string of the molecule is Cc1ncsc1-c1ccc(CNC(=O)[C@@H]2C[C@@H](O)CN2C(=O)[C@@H](NC(=O)C2(F)CC2)C(C)(C)C)c(OCCCCCCCCCOc2cc(NC(=O)[C@H](C)[C@H]3CC[C@@H](c4ccnc5ccc(F)cc54)CC3)ccc2Cl)c1. The van der Waals surface area contributed by atoms with Crippen molar-refractivity contribution < 1.29 is 42.5 Å². The highest BCUT2D eigenvalue weighted by atomic mass is 35.5. The first-order valence-corrected chi connectivity index (χ1v) is 28.3. The van der Waals surface area contributed by atoms with Crippen LogP contribution in [0.15, 0.2) is 72.4 Å². The summed E-state index contributed by atoms with van der Waals surface area (Å²) in [5.74, 6) is -0.552. The molecule has 13 nitrogen and oxygen atoms in total. The molecule has 408 valence electrons. The summed E-state index contributed by atoms with van der Waals surface area (Å²) in [5.41, 5.74) is 4.25. The molecule has 4 N–H and O–H groups in total. The van der Waals surface area contributed by atoms with Gasteiger partial charge < -0.3 is 35.4 Å². The number of aryl methyl sites for hydroxylation is 1. The summed E-state index contributed by atoms with van der Waals surface area (Å²) in [6, 6.07) is 15.9. The second-order valence-corrected chi connectivity index (χ2v) is 23.5. The standard InChI is InChI=1S/C59H73ClF2N6O7S/c1-36(38-13-15-39(16-14-38)45-23-26-63-48-22-19-42(61)30-46(45)48)54(70)66-43-20-21-47(60)51(31-43)75-28-12-10-8-6-7-9-11-27-74-50-29-40(52-37(2)65-35-76-52)17-18-41(50)33-64-55(71)49-32-44(69)34-68(49)56(72)53(58(3,4)5)67-57(73)59(62)24-25-59/h17-23,26,29-31,35-36,38-39,44,49,53,69H,6-16,24-25,27-28,32-34H2,1-5H3,(H,64,71)(H,66,70)(H,67,73)/t36-,38-,39+,44-,49+,53-/m1/s1. The number of unbranched alkanes of at least 4 members (excludes halogenated alkanes) is 6. The fourth-order valence-electron chi connectivity index (χ4n) is 10.6. The molecule has 2 saturated carbocycles. The monoisotopic (exact) mass is 1080 g/mol. The van der Waals surface area contributed by atoms with E-state index in [0.29, 0.717) is 41.3 Å². The number of anilines is 1. The summed E-state index contributed by atoms with van der Waals surface area (Å²) in [6.07, 6.45) is 11.6. The zero-order valence-corrected chi connectivity index (χ0v) is 46.0. The van der Waals surface area contributed by atoms with E-state index in [9.17, 15) is 33.1 Å². The second-order valence-electron chi connectivity index (χ2n) is 22.2. The van der Waals surface area contributed by atoms with Crippen molar-refractivity contribution in [2.45, 2.75) is 161 Å². The molecule has 0 radical (unpaired) electrons. The number of fused-ring (bicyclic) bond motifs is 1. The Labute approximate surface area is 454 Å². The third-order valence-electron chi connectivity index (χ3n) is 15.4. The number of hydrogen-bond acceptors (Lipinski definition) is 10. The van der Waals surface area contributed by atoms with Crippen LogP contribution in [-0.4, -0.2) is 87.2 Å². The van der Waals surface area contributed by atoms with E-state index in [1.165, 1.54) is 22.3 Å². The highest BCUT2D eigenvalue weighted by molar-refractivity contribution is 7.13. The third-order valence-corrected chi connectivity index (χ3v) is 16.7. The van der Waals surface area contributed by atoms with Gasteiger partial charge in [0, 0.05) is 54.3 Å². The number of aliphatic hydroxyl groups excluding tert-OH is 1. The first-order chi connectivity index (χ1) is 36.4. The van der Waals surface area contributed by atoms with Crippen LogP contribution < -0.4 is 25.4 Å². The highest BCUT2D eigenvalue weighted by Gasteiger charge is 2.53. The van der Waals surface area contributed by atoms with E-state index in [1.807, 2.05) is 38.1 Å². The molecular formula is C59H73ClF2N6O7S. The fraction of sp³-hybridized carbons (Fsp3) is 0.525. The van der Waals surface area contributed by atoms with Crippen LogP contribution >= 0.6 is 22.9 Å². The van der Waals surface area contributed by atoms with Crippen LogP contribution in [0, 0.1) is 30.0 Å². The first-order valence-electron chi connectivity index (χ1n) is 27.1. The van der Waals surface area contributed by atoms with E-state index in [2.05, 4.69) is 25.9 Å². The Morgan fingerprint density at radius 2 is 1.59 bits per heavy atom. The molecule has 1 saturated heterocycles. The quantitative estimate of drug-likeness (QED) is 0.0465. The van der Waals surface area contributed by atoms with Gasteiger partial charge in [0.15, 0.2) is 5.67 Å². The molecule has 3 fully saturated rings. The number of likely N-dealkylation sites (tertiary alicyclic amines) is 1. The Morgan fingerprint density at radius 3 is 2.26 bits per heavy atom. The molecule has 0 spiro atoms. The van der Waals surface area contributed by atoms with Gasteiger partial charge in [-0.2, -0.15) is 0 Å². The zero-order chi connectivity index (χ0) is 54.1. The van der Waals surface area contributed by atoms with Crippen molar-refractivity contribution in [1.29, 1.82) is 0 Å².